The Kier molecular flexibility index (Phi) is 2.69. The van der Waals surface area contributed by atoms with Crippen molar-refractivity contribution in [3.8, 4) is 0 Å². The van der Waals surface area contributed by atoms with Gasteiger partial charge in [-0.05, 0) is 38.8 Å². The van der Waals surface area contributed by atoms with E-state index in [1.807, 2.05) is 0 Å². The Morgan fingerprint density at radius 2 is 1.17 bits per heavy atom. The van der Waals surface area contributed by atoms with Crippen molar-refractivity contribution in [3.63, 3.8) is 0 Å². The van der Waals surface area contributed by atoms with E-state index in [2.05, 4.69) is 9.97 Å². The molecule has 0 amide bonds. The van der Waals surface area contributed by atoms with Gasteiger partial charge in [-0.3, -0.25) is 9.59 Å². The van der Waals surface area contributed by atoms with Crippen molar-refractivity contribution in [2.45, 2.75) is 27.7 Å². The topological polar surface area (TPSA) is 82.8 Å². The van der Waals surface area contributed by atoms with E-state index in [9.17, 15) is 14.4 Å². The zero-order valence-corrected chi connectivity index (χ0v) is 10.7. The molecule has 0 atom stereocenters. The van der Waals surface area contributed by atoms with Crippen LogP contribution in [0, 0.1) is 13.8 Å². The fourth-order valence-corrected chi connectivity index (χ4v) is 2.39. The average molecular weight is 246 g/mol. The number of carbonyl (C=O) groups excluding carboxylic acids is 2. The van der Waals surface area contributed by atoms with Gasteiger partial charge in [-0.1, -0.05) is 0 Å². The van der Waals surface area contributed by atoms with Crippen molar-refractivity contribution in [3.05, 3.63) is 32.7 Å². The molecule has 2 aromatic rings. The Balaban J connectivity index is 3.11. The lowest BCUT2D eigenvalue weighted by Crippen LogP contribution is -2.06. The van der Waals surface area contributed by atoms with Crippen LogP contribution in [-0.4, -0.2) is 21.5 Å². The summed E-state index contributed by atoms with van der Waals surface area (Å²) in [7, 11) is 0. The number of benzene rings is 1. The molecule has 0 aliphatic carbocycles. The largest absolute Gasteiger partial charge is 0.323 e. The van der Waals surface area contributed by atoms with E-state index in [0.29, 0.717) is 22.2 Å². The molecular weight excluding hydrogens is 232 g/mol. The third kappa shape index (κ3) is 1.59. The first kappa shape index (κ1) is 12.3. The first-order valence-electron chi connectivity index (χ1n) is 5.61. The van der Waals surface area contributed by atoms with Crippen LogP contribution in [0.4, 0.5) is 0 Å². The van der Waals surface area contributed by atoms with Gasteiger partial charge in [-0.15, -0.1) is 0 Å². The minimum atomic E-state index is -0.417. The molecule has 0 unspecified atom stereocenters. The number of fused-ring (bicyclic) bond motifs is 1. The Morgan fingerprint density at radius 1 is 0.833 bits per heavy atom. The van der Waals surface area contributed by atoms with Gasteiger partial charge in [-0.25, -0.2) is 4.79 Å². The first-order chi connectivity index (χ1) is 8.34. The number of hydrogen-bond acceptors (Lipinski definition) is 3. The predicted molar refractivity (Wildman–Crippen MR) is 68.4 cm³/mol. The molecule has 0 radical (unpaired) electrons. The summed E-state index contributed by atoms with van der Waals surface area (Å²) in [6.07, 6.45) is 0. The fraction of sp³-hybridized carbons (Fsp3) is 0.308. The van der Waals surface area contributed by atoms with Crippen LogP contribution in [0.1, 0.15) is 45.7 Å². The fourth-order valence-electron chi connectivity index (χ4n) is 2.39. The maximum absolute atomic E-state index is 11.7. The normalized spacial score (nSPS) is 10.9. The van der Waals surface area contributed by atoms with Crippen LogP contribution in [0.3, 0.4) is 0 Å². The highest BCUT2D eigenvalue weighted by Gasteiger charge is 2.21. The maximum Gasteiger partial charge on any atom is 0.323 e. The quantitative estimate of drug-likeness (QED) is 0.793. The van der Waals surface area contributed by atoms with Crippen molar-refractivity contribution in [1.29, 1.82) is 0 Å². The molecule has 0 fully saturated rings. The molecule has 5 heteroatoms. The van der Waals surface area contributed by atoms with Crippen LogP contribution in [0.25, 0.3) is 11.0 Å². The monoisotopic (exact) mass is 246 g/mol. The Morgan fingerprint density at radius 3 is 1.44 bits per heavy atom. The second kappa shape index (κ2) is 3.94. The molecule has 94 valence electrons. The highest BCUT2D eigenvalue weighted by molar-refractivity contribution is 6.13. The van der Waals surface area contributed by atoms with Crippen LogP contribution in [-0.2, 0) is 0 Å². The minimum Gasteiger partial charge on any atom is -0.305 e. The zero-order chi connectivity index (χ0) is 13.6. The molecule has 2 N–H and O–H groups in total. The van der Waals surface area contributed by atoms with E-state index in [1.54, 1.807) is 13.8 Å². The van der Waals surface area contributed by atoms with Gasteiger partial charge in [-0.2, -0.15) is 0 Å². The van der Waals surface area contributed by atoms with Crippen LogP contribution in [0.2, 0.25) is 0 Å². The minimum absolute atomic E-state index is 0.133. The number of H-pyrrole nitrogens is 2. The average Bonchev–Trinajstić information content (AvgIpc) is 2.58. The molecule has 1 heterocycles. The van der Waals surface area contributed by atoms with E-state index in [-0.39, 0.29) is 11.6 Å². The summed E-state index contributed by atoms with van der Waals surface area (Å²) in [5, 5.41) is 0. The third-order valence-electron chi connectivity index (χ3n) is 3.24. The number of Topliss-reactive ketones (excluding diaryl/α,β-unsaturated/α-hetero) is 2. The molecule has 1 aromatic heterocycles. The Hall–Kier alpha value is -2.17. The molecule has 0 spiro atoms. The summed E-state index contributed by atoms with van der Waals surface area (Å²) in [5.41, 5.74) is 2.81. The van der Waals surface area contributed by atoms with Crippen LogP contribution in [0.15, 0.2) is 4.79 Å². The number of imidazole rings is 1. The van der Waals surface area contributed by atoms with Crippen LogP contribution < -0.4 is 5.69 Å². The van der Waals surface area contributed by atoms with Gasteiger partial charge in [0.25, 0.3) is 0 Å². The summed E-state index contributed by atoms with van der Waals surface area (Å²) >= 11 is 0. The molecule has 0 aliphatic heterocycles. The van der Waals surface area contributed by atoms with E-state index >= 15 is 0 Å². The van der Waals surface area contributed by atoms with Gasteiger partial charge in [0.05, 0.1) is 11.0 Å². The van der Waals surface area contributed by atoms with Crippen LogP contribution >= 0.6 is 0 Å². The number of carbonyl (C=O) groups is 2. The summed E-state index contributed by atoms with van der Waals surface area (Å²) in [5.74, 6) is -0.267. The molecule has 0 saturated carbocycles. The number of nitrogens with one attached hydrogen (secondary N) is 2. The third-order valence-corrected chi connectivity index (χ3v) is 3.24. The predicted octanol–water partition coefficient (Wildman–Crippen LogP) is 1.88. The smallest absolute Gasteiger partial charge is 0.305 e. The summed E-state index contributed by atoms with van der Waals surface area (Å²) in [4.78, 5) is 40.0. The maximum atomic E-state index is 11.7. The number of rotatable bonds is 2. The molecule has 0 saturated heterocycles. The molecule has 18 heavy (non-hydrogen) atoms. The molecule has 0 aliphatic rings. The van der Waals surface area contributed by atoms with E-state index in [4.69, 9.17) is 0 Å². The number of aromatic amines is 2. The molecule has 1 aromatic carbocycles. The van der Waals surface area contributed by atoms with Gasteiger partial charge >= 0.3 is 5.69 Å². The van der Waals surface area contributed by atoms with Crippen molar-refractivity contribution in [2.24, 2.45) is 0 Å². The second-order valence-electron chi connectivity index (χ2n) is 4.44. The molecule has 5 nitrogen and oxygen atoms in total. The summed E-state index contributed by atoms with van der Waals surface area (Å²) < 4.78 is 0. The zero-order valence-electron chi connectivity index (χ0n) is 10.7. The van der Waals surface area contributed by atoms with Gasteiger partial charge < -0.3 is 9.97 Å². The number of ketones is 2. The highest BCUT2D eigenvalue weighted by Crippen LogP contribution is 2.27. The van der Waals surface area contributed by atoms with Gasteiger partial charge in [0.2, 0.25) is 0 Å². The standard InChI is InChI=1S/C13H14N2O3/c1-5-6(2)10(8(4)17)12-11(9(5)7(3)16)14-13(18)15-12/h1-4H3,(H2,14,15,18). The van der Waals surface area contributed by atoms with Crippen LogP contribution in [0.5, 0.6) is 0 Å². The summed E-state index contributed by atoms with van der Waals surface area (Å²) in [6, 6.07) is 0. The lowest BCUT2D eigenvalue weighted by atomic mass is 9.92. The van der Waals surface area contributed by atoms with Gasteiger partial charge in [0.15, 0.2) is 11.6 Å². The molecular formula is C13H14N2O3. The number of hydrogen-bond donors (Lipinski definition) is 2. The van der Waals surface area contributed by atoms with E-state index in [1.165, 1.54) is 13.8 Å². The van der Waals surface area contributed by atoms with Crippen molar-refractivity contribution >= 4 is 22.6 Å². The lowest BCUT2D eigenvalue weighted by molar-refractivity contribution is 0.100. The molecule has 0 bridgehead atoms. The number of aromatic nitrogens is 2. The summed E-state index contributed by atoms with van der Waals surface area (Å²) in [6.45, 7) is 6.45. The lowest BCUT2D eigenvalue weighted by Gasteiger charge is -2.12. The Labute approximate surface area is 103 Å². The SMILES string of the molecule is CC(=O)c1c(C)c(C)c(C(C)=O)c2[nH]c(=O)[nH]c12. The molecule has 2 rings (SSSR count). The van der Waals surface area contributed by atoms with E-state index in [0.717, 1.165) is 11.1 Å². The van der Waals surface area contributed by atoms with E-state index < -0.39 is 5.69 Å². The highest BCUT2D eigenvalue weighted by atomic mass is 16.1. The van der Waals surface area contributed by atoms with Crippen molar-refractivity contribution in [2.75, 3.05) is 0 Å². The van der Waals surface area contributed by atoms with Crippen molar-refractivity contribution < 1.29 is 9.59 Å². The Bertz CT molecular complexity index is 675. The first-order valence-corrected chi connectivity index (χ1v) is 5.61. The van der Waals surface area contributed by atoms with Crippen molar-refractivity contribution in [1.82, 2.24) is 9.97 Å². The second-order valence-corrected chi connectivity index (χ2v) is 4.44. The van der Waals surface area contributed by atoms with Gasteiger partial charge in [0.1, 0.15) is 0 Å². The van der Waals surface area contributed by atoms with Gasteiger partial charge in [0, 0.05) is 11.1 Å².